The lowest BCUT2D eigenvalue weighted by Crippen LogP contribution is -2.29. The number of nitrogens with one attached hydrogen (secondary N) is 1. The molecular formula is C18H18N2O3S. The van der Waals surface area contributed by atoms with Crippen molar-refractivity contribution in [3.63, 3.8) is 0 Å². The Morgan fingerprint density at radius 2 is 2.12 bits per heavy atom. The first kappa shape index (κ1) is 17.7. The molecule has 2 rings (SSSR count). The second-order valence-electron chi connectivity index (χ2n) is 5.30. The molecule has 0 bridgehead atoms. The fourth-order valence-electron chi connectivity index (χ4n) is 2.15. The van der Waals surface area contributed by atoms with E-state index in [2.05, 4.69) is 5.32 Å². The zero-order valence-electron chi connectivity index (χ0n) is 13.8. The summed E-state index contributed by atoms with van der Waals surface area (Å²) in [7, 11) is 0. The molecule has 24 heavy (non-hydrogen) atoms. The van der Waals surface area contributed by atoms with E-state index in [0.717, 1.165) is 16.9 Å². The number of nitriles is 1. The van der Waals surface area contributed by atoms with Crippen molar-refractivity contribution >= 4 is 28.9 Å². The number of thiophene rings is 1. The van der Waals surface area contributed by atoms with Gasteiger partial charge in [-0.1, -0.05) is 13.0 Å². The normalized spacial score (nSPS) is 11.4. The predicted octanol–water partition coefficient (Wildman–Crippen LogP) is 3.67. The summed E-state index contributed by atoms with van der Waals surface area (Å²) in [4.78, 5) is 25.9. The lowest BCUT2D eigenvalue weighted by Gasteiger charge is -2.13. The molecule has 0 fully saturated rings. The molecule has 0 aliphatic heterocycles. The van der Waals surface area contributed by atoms with Crippen LogP contribution in [0.1, 0.15) is 39.5 Å². The van der Waals surface area contributed by atoms with Crippen molar-refractivity contribution in [2.75, 3.05) is 5.32 Å². The van der Waals surface area contributed by atoms with Crippen molar-refractivity contribution in [3.8, 4) is 6.07 Å². The molecule has 0 aliphatic rings. The SMILES string of the molecule is CCc1sc(C(=O)O[C@H](C)C(=O)Nc2cccc(C#N)c2)cc1C. The number of ether oxygens (including phenoxy) is 1. The zero-order valence-corrected chi connectivity index (χ0v) is 14.6. The smallest absolute Gasteiger partial charge is 0.349 e. The number of hydrogen-bond donors (Lipinski definition) is 1. The Balaban J connectivity index is 2.00. The van der Waals surface area contributed by atoms with Gasteiger partial charge in [-0.25, -0.2) is 4.79 Å². The molecular weight excluding hydrogens is 324 g/mol. The van der Waals surface area contributed by atoms with E-state index in [-0.39, 0.29) is 0 Å². The van der Waals surface area contributed by atoms with E-state index in [1.807, 2.05) is 19.9 Å². The highest BCUT2D eigenvalue weighted by molar-refractivity contribution is 7.14. The Morgan fingerprint density at radius 3 is 2.75 bits per heavy atom. The second kappa shape index (κ2) is 7.75. The van der Waals surface area contributed by atoms with E-state index in [4.69, 9.17) is 10.00 Å². The number of esters is 1. The molecule has 1 amide bonds. The summed E-state index contributed by atoms with van der Waals surface area (Å²) in [6.07, 6.45) is -0.0783. The molecule has 1 aromatic heterocycles. The van der Waals surface area contributed by atoms with Gasteiger partial charge in [0.15, 0.2) is 6.10 Å². The van der Waals surface area contributed by atoms with Crippen LogP contribution in [0.3, 0.4) is 0 Å². The molecule has 1 atom stereocenters. The summed E-state index contributed by atoms with van der Waals surface area (Å²) in [5.41, 5.74) is 1.99. The second-order valence-corrected chi connectivity index (χ2v) is 6.44. The van der Waals surface area contributed by atoms with E-state index < -0.39 is 18.0 Å². The molecule has 0 saturated heterocycles. The van der Waals surface area contributed by atoms with E-state index in [1.165, 1.54) is 18.3 Å². The van der Waals surface area contributed by atoms with Crippen LogP contribution in [-0.2, 0) is 16.0 Å². The molecule has 124 valence electrons. The molecule has 1 aromatic carbocycles. The van der Waals surface area contributed by atoms with Crippen LogP contribution in [-0.4, -0.2) is 18.0 Å². The van der Waals surface area contributed by atoms with Gasteiger partial charge in [0.1, 0.15) is 4.88 Å². The van der Waals surface area contributed by atoms with Crippen LogP contribution in [0.4, 0.5) is 5.69 Å². The number of benzene rings is 1. The maximum absolute atomic E-state index is 12.2. The van der Waals surface area contributed by atoms with Gasteiger partial charge in [0.25, 0.3) is 5.91 Å². The highest BCUT2D eigenvalue weighted by Crippen LogP contribution is 2.23. The third-order valence-corrected chi connectivity index (χ3v) is 4.82. The lowest BCUT2D eigenvalue weighted by molar-refractivity contribution is -0.123. The fraction of sp³-hybridized carbons (Fsp3) is 0.278. The molecule has 0 saturated carbocycles. The van der Waals surface area contributed by atoms with Gasteiger partial charge in [-0.15, -0.1) is 11.3 Å². The number of rotatable bonds is 5. The molecule has 1 heterocycles. The monoisotopic (exact) mass is 342 g/mol. The number of anilines is 1. The van der Waals surface area contributed by atoms with Gasteiger partial charge >= 0.3 is 5.97 Å². The summed E-state index contributed by atoms with van der Waals surface area (Å²) in [5.74, 6) is -0.946. The van der Waals surface area contributed by atoms with Gasteiger partial charge in [0.2, 0.25) is 0 Å². The standard InChI is InChI=1S/C18H18N2O3S/c1-4-15-11(2)8-16(24-15)18(22)23-12(3)17(21)20-14-7-5-6-13(9-14)10-19/h5-9,12H,4H2,1-3H3,(H,20,21)/t12-/m1/s1. The number of nitrogens with zero attached hydrogens (tertiary/aromatic N) is 1. The van der Waals surface area contributed by atoms with Crippen molar-refractivity contribution in [2.24, 2.45) is 0 Å². The molecule has 2 aromatic rings. The number of amides is 1. The van der Waals surface area contributed by atoms with Crippen molar-refractivity contribution < 1.29 is 14.3 Å². The minimum atomic E-state index is -0.935. The molecule has 0 radical (unpaired) electrons. The number of aryl methyl sites for hydroxylation is 2. The van der Waals surface area contributed by atoms with Gasteiger partial charge in [0.05, 0.1) is 11.6 Å². The summed E-state index contributed by atoms with van der Waals surface area (Å²) in [6, 6.07) is 10.3. The quantitative estimate of drug-likeness (QED) is 0.841. The van der Waals surface area contributed by atoms with Crippen molar-refractivity contribution in [2.45, 2.75) is 33.3 Å². The molecule has 0 aliphatic carbocycles. The van der Waals surface area contributed by atoms with E-state index >= 15 is 0 Å². The first-order valence-corrected chi connectivity index (χ1v) is 8.37. The van der Waals surface area contributed by atoms with E-state index in [0.29, 0.717) is 16.1 Å². The van der Waals surface area contributed by atoms with Crippen molar-refractivity contribution in [1.29, 1.82) is 5.26 Å². The Hall–Kier alpha value is -2.65. The predicted molar refractivity (Wildman–Crippen MR) is 93.1 cm³/mol. The molecule has 5 nitrogen and oxygen atoms in total. The average molecular weight is 342 g/mol. The van der Waals surface area contributed by atoms with E-state index in [1.54, 1.807) is 30.3 Å². The van der Waals surface area contributed by atoms with Crippen LogP contribution in [0.25, 0.3) is 0 Å². The number of hydrogen-bond acceptors (Lipinski definition) is 5. The first-order chi connectivity index (χ1) is 11.4. The average Bonchev–Trinajstić information content (AvgIpc) is 2.96. The third-order valence-electron chi connectivity index (χ3n) is 3.46. The van der Waals surface area contributed by atoms with Crippen molar-refractivity contribution in [1.82, 2.24) is 0 Å². The topological polar surface area (TPSA) is 79.2 Å². The van der Waals surface area contributed by atoms with Gasteiger partial charge in [-0.05, 0) is 50.1 Å². The molecule has 1 N–H and O–H groups in total. The Bertz CT molecular complexity index is 805. The lowest BCUT2D eigenvalue weighted by atomic mass is 10.2. The summed E-state index contributed by atoms with van der Waals surface area (Å²) in [6.45, 7) is 5.49. The van der Waals surface area contributed by atoms with Crippen LogP contribution in [0.5, 0.6) is 0 Å². The summed E-state index contributed by atoms with van der Waals surface area (Å²) in [5, 5.41) is 11.5. The maximum atomic E-state index is 12.2. The minimum absolute atomic E-state index is 0.442. The molecule has 0 unspecified atom stereocenters. The van der Waals surface area contributed by atoms with Gasteiger partial charge in [-0.3, -0.25) is 4.79 Å². The van der Waals surface area contributed by atoms with Crippen LogP contribution in [0, 0.1) is 18.3 Å². The Kier molecular flexibility index (Phi) is 5.72. The summed E-state index contributed by atoms with van der Waals surface area (Å²) < 4.78 is 5.23. The highest BCUT2D eigenvalue weighted by Gasteiger charge is 2.21. The largest absolute Gasteiger partial charge is 0.448 e. The van der Waals surface area contributed by atoms with Crippen LogP contribution in [0.2, 0.25) is 0 Å². The Labute approximate surface area is 144 Å². The third kappa shape index (κ3) is 4.21. The molecule has 0 spiro atoms. The maximum Gasteiger partial charge on any atom is 0.349 e. The van der Waals surface area contributed by atoms with Crippen LogP contribution >= 0.6 is 11.3 Å². The first-order valence-electron chi connectivity index (χ1n) is 7.56. The fourth-order valence-corrected chi connectivity index (χ4v) is 3.15. The highest BCUT2D eigenvalue weighted by atomic mass is 32.1. The number of carbonyl (C=O) groups is 2. The number of carbonyl (C=O) groups excluding carboxylic acids is 2. The van der Waals surface area contributed by atoms with Gasteiger partial charge in [0, 0.05) is 10.6 Å². The van der Waals surface area contributed by atoms with Crippen molar-refractivity contribution in [3.05, 3.63) is 51.2 Å². The van der Waals surface area contributed by atoms with Crippen LogP contribution < -0.4 is 5.32 Å². The van der Waals surface area contributed by atoms with Gasteiger partial charge < -0.3 is 10.1 Å². The summed E-state index contributed by atoms with van der Waals surface area (Å²) >= 11 is 1.39. The zero-order chi connectivity index (χ0) is 17.7. The van der Waals surface area contributed by atoms with Gasteiger partial charge in [-0.2, -0.15) is 5.26 Å². The van der Waals surface area contributed by atoms with Crippen LogP contribution in [0.15, 0.2) is 30.3 Å². The minimum Gasteiger partial charge on any atom is -0.448 e. The molecule has 6 heteroatoms. The Morgan fingerprint density at radius 1 is 1.38 bits per heavy atom. The van der Waals surface area contributed by atoms with E-state index in [9.17, 15) is 9.59 Å².